The molecule has 2 aromatic rings. The van der Waals surface area contributed by atoms with Gasteiger partial charge in [0.15, 0.2) is 11.5 Å². The number of nitrogens with zero attached hydrogens (tertiary/aromatic N) is 2. The van der Waals surface area contributed by atoms with Gasteiger partial charge in [-0.3, -0.25) is 0 Å². The van der Waals surface area contributed by atoms with Gasteiger partial charge in [-0.2, -0.15) is 0 Å². The summed E-state index contributed by atoms with van der Waals surface area (Å²) in [6, 6.07) is 4.23. The van der Waals surface area contributed by atoms with Crippen LogP contribution in [0.25, 0.3) is 11.0 Å². The zero-order valence-electron chi connectivity index (χ0n) is 11.7. The molecule has 3 rings (SSSR count). The first-order valence-corrected chi connectivity index (χ1v) is 6.37. The number of nitrogen functional groups attached to an aromatic ring is 1. The topological polar surface area (TPSA) is 62.3 Å². The van der Waals surface area contributed by atoms with Gasteiger partial charge in [0.25, 0.3) is 0 Å². The minimum atomic E-state index is 0.287. The first-order valence-electron chi connectivity index (χ1n) is 6.37. The van der Waals surface area contributed by atoms with Crippen molar-refractivity contribution in [2.75, 3.05) is 20.0 Å². The summed E-state index contributed by atoms with van der Waals surface area (Å²) in [5.74, 6) is 1.94. The molecule has 1 unspecified atom stereocenters. The number of ether oxygens (including phenoxy) is 2. The van der Waals surface area contributed by atoms with Gasteiger partial charge in [0, 0.05) is 18.2 Å². The zero-order chi connectivity index (χ0) is 13.8. The summed E-state index contributed by atoms with van der Waals surface area (Å²) in [6.07, 6.45) is 1.12. The number of anilines is 1. The van der Waals surface area contributed by atoms with Crippen molar-refractivity contribution in [3.8, 4) is 11.5 Å². The molecule has 0 spiro atoms. The van der Waals surface area contributed by atoms with E-state index in [0.29, 0.717) is 23.5 Å². The summed E-state index contributed by atoms with van der Waals surface area (Å²) < 4.78 is 12.8. The van der Waals surface area contributed by atoms with E-state index in [1.807, 2.05) is 12.1 Å². The molecule has 5 nitrogen and oxygen atoms in total. The summed E-state index contributed by atoms with van der Waals surface area (Å²) in [5.41, 5.74) is 8.21. The highest BCUT2D eigenvalue weighted by atomic mass is 16.5. The Morgan fingerprint density at radius 3 is 2.37 bits per heavy atom. The molecule has 1 saturated carbocycles. The molecule has 1 aliphatic carbocycles. The molecule has 1 atom stereocenters. The molecule has 0 saturated heterocycles. The van der Waals surface area contributed by atoms with E-state index in [1.54, 1.807) is 14.2 Å². The van der Waals surface area contributed by atoms with Crippen molar-refractivity contribution in [1.82, 2.24) is 9.55 Å². The van der Waals surface area contributed by atoms with Gasteiger partial charge in [0.2, 0.25) is 5.95 Å². The van der Waals surface area contributed by atoms with Gasteiger partial charge >= 0.3 is 0 Å². The molecule has 1 aromatic heterocycles. The Labute approximate surface area is 112 Å². The number of hydrogen-bond acceptors (Lipinski definition) is 4. The first-order chi connectivity index (χ1) is 8.97. The van der Waals surface area contributed by atoms with Crippen LogP contribution in [0, 0.1) is 5.41 Å². The largest absolute Gasteiger partial charge is 0.493 e. The molecule has 1 aliphatic rings. The molecular formula is C14H19N3O2. The third-order valence-electron chi connectivity index (χ3n) is 4.00. The average Bonchev–Trinajstić information content (AvgIpc) is 2.86. The van der Waals surface area contributed by atoms with E-state index in [0.717, 1.165) is 17.5 Å². The molecule has 1 aromatic carbocycles. The minimum Gasteiger partial charge on any atom is -0.493 e. The van der Waals surface area contributed by atoms with Gasteiger partial charge < -0.3 is 19.8 Å². The van der Waals surface area contributed by atoms with E-state index in [9.17, 15) is 0 Å². The van der Waals surface area contributed by atoms with Crippen LogP contribution in [-0.4, -0.2) is 23.8 Å². The Balaban J connectivity index is 2.20. The van der Waals surface area contributed by atoms with Crippen LogP contribution in [0.15, 0.2) is 12.1 Å². The maximum absolute atomic E-state index is 6.07. The van der Waals surface area contributed by atoms with E-state index in [1.165, 1.54) is 0 Å². The molecule has 19 heavy (non-hydrogen) atoms. The molecular weight excluding hydrogens is 242 g/mol. The van der Waals surface area contributed by atoms with Crippen LogP contribution in [0.4, 0.5) is 5.95 Å². The monoisotopic (exact) mass is 261 g/mol. The van der Waals surface area contributed by atoms with Gasteiger partial charge in [-0.05, 0) is 11.8 Å². The number of rotatable bonds is 3. The van der Waals surface area contributed by atoms with Crippen LogP contribution in [0.2, 0.25) is 0 Å². The minimum absolute atomic E-state index is 0.287. The Bertz CT molecular complexity index is 646. The Morgan fingerprint density at radius 2 is 1.84 bits per heavy atom. The number of aromatic nitrogens is 2. The molecule has 0 aliphatic heterocycles. The summed E-state index contributed by atoms with van der Waals surface area (Å²) >= 11 is 0. The normalized spacial score (nSPS) is 20.5. The lowest BCUT2D eigenvalue weighted by molar-refractivity contribution is 0.355. The SMILES string of the molecule is COc1cc2nc(N)n(C3CC3(C)C)c2cc1OC. The van der Waals surface area contributed by atoms with Crippen molar-refractivity contribution in [3.05, 3.63) is 12.1 Å². The van der Waals surface area contributed by atoms with Crippen LogP contribution in [-0.2, 0) is 0 Å². The van der Waals surface area contributed by atoms with Gasteiger partial charge in [0.1, 0.15) is 0 Å². The standard InChI is InChI=1S/C14H19N3O2/c1-14(2)7-12(14)17-9-6-11(19-4)10(18-3)5-8(9)16-13(17)15/h5-6,12H,7H2,1-4H3,(H2,15,16). The maximum Gasteiger partial charge on any atom is 0.201 e. The third kappa shape index (κ3) is 1.72. The van der Waals surface area contributed by atoms with Crippen molar-refractivity contribution < 1.29 is 9.47 Å². The van der Waals surface area contributed by atoms with Crippen LogP contribution in [0.1, 0.15) is 26.3 Å². The van der Waals surface area contributed by atoms with Crippen molar-refractivity contribution in [2.24, 2.45) is 5.41 Å². The van der Waals surface area contributed by atoms with E-state index in [-0.39, 0.29) is 5.41 Å². The fourth-order valence-corrected chi connectivity index (χ4v) is 2.65. The van der Waals surface area contributed by atoms with Crippen LogP contribution >= 0.6 is 0 Å². The first kappa shape index (κ1) is 12.1. The number of nitrogens with two attached hydrogens (primary N) is 1. The maximum atomic E-state index is 6.07. The second kappa shape index (κ2) is 3.79. The second-order valence-electron chi connectivity index (χ2n) is 5.74. The van der Waals surface area contributed by atoms with E-state index < -0.39 is 0 Å². The number of benzene rings is 1. The molecule has 1 heterocycles. The van der Waals surface area contributed by atoms with Crippen LogP contribution in [0.5, 0.6) is 11.5 Å². The molecule has 0 amide bonds. The number of hydrogen-bond donors (Lipinski definition) is 1. The Kier molecular flexibility index (Phi) is 2.42. The second-order valence-corrected chi connectivity index (χ2v) is 5.74. The molecule has 0 radical (unpaired) electrons. The predicted octanol–water partition coefficient (Wildman–Crippen LogP) is 2.61. The Morgan fingerprint density at radius 1 is 1.26 bits per heavy atom. The molecule has 5 heteroatoms. The summed E-state index contributed by atoms with van der Waals surface area (Å²) in [5, 5.41) is 0. The number of imidazole rings is 1. The van der Waals surface area contributed by atoms with Crippen LogP contribution in [0.3, 0.4) is 0 Å². The van der Waals surface area contributed by atoms with Gasteiger partial charge in [-0.15, -0.1) is 0 Å². The third-order valence-corrected chi connectivity index (χ3v) is 4.00. The molecule has 2 N–H and O–H groups in total. The zero-order valence-corrected chi connectivity index (χ0v) is 11.7. The lowest BCUT2D eigenvalue weighted by atomic mass is 10.2. The molecule has 102 valence electrons. The number of methoxy groups -OCH3 is 2. The highest BCUT2D eigenvalue weighted by Gasteiger charge is 2.48. The average molecular weight is 261 g/mol. The quantitative estimate of drug-likeness (QED) is 0.922. The molecule has 1 fully saturated rings. The smallest absolute Gasteiger partial charge is 0.201 e. The van der Waals surface area contributed by atoms with Gasteiger partial charge in [-0.1, -0.05) is 13.8 Å². The predicted molar refractivity (Wildman–Crippen MR) is 74.7 cm³/mol. The fourth-order valence-electron chi connectivity index (χ4n) is 2.65. The van der Waals surface area contributed by atoms with Crippen LogP contribution < -0.4 is 15.2 Å². The summed E-state index contributed by atoms with van der Waals surface area (Å²) in [6.45, 7) is 4.48. The van der Waals surface area contributed by atoms with Gasteiger partial charge in [-0.25, -0.2) is 4.98 Å². The van der Waals surface area contributed by atoms with E-state index in [4.69, 9.17) is 15.2 Å². The molecule has 0 bridgehead atoms. The lowest BCUT2D eigenvalue weighted by Gasteiger charge is -2.10. The lowest BCUT2D eigenvalue weighted by Crippen LogP contribution is -2.05. The fraction of sp³-hybridized carbons (Fsp3) is 0.500. The van der Waals surface area contributed by atoms with Crippen molar-refractivity contribution in [2.45, 2.75) is 26.3 Å². The van der Waals surface area contributed by atoms with Crippen molar-refractivity contribution in [3.63, 3.8) is 0 Å². The highest BCUT2D eigenvalue weighted by molar-refractivity contribution is 5.83. The van der Waals surface area contributed by atoms with Crippen molar-refractivity contribution in [1.29, 1.82) is 0 Å². The van der Waals surface area contributed by atoms with E-state index in [2.05, 4.69) is 23.4 Å². The van der Waals surface area contributed by atoms with Crippen molar-refractivity contribution >= 4 is 17.0 Å². The summed E-state index contributed by atoms with van der Waals surface area (Å²) in [7, 11) is 3.25. The van der Waals surface area contributed by atoms with Gasteiger partial charge in [0.05, 0.1) is 25.3 Å². The van der Waals surface area contributed by atoms with E-state index >= 15 is 0 Å². The Hall–Kier alpha value is -1.91. The highest BCUT2D eigenvalue weighted by Crippen LogP contribution is 2.57. The number of fused-ring (bicyclic) bond motifs is 1. The summed E-state index contributed by atoms with van der Waals surface area (Å²) in [4.78, 5) is 4.43.